The molecule has 50 heavy (non-hydrogen) atoms. The average molecular weight is 692 g/mol. The van der Waals surface area contributed by atoms with E-state index < -0.39 is 0 Å². The van der Waals surface area contributed by atoms with Crippen LogP contribution in [0.3, 0.4) is 0 Å². The van der Waals surface area contributed by atoms with E-state index in [-0.39, 0.29) is 30.1 Å². The summed E-state index contributed by atoms with van der Waals surface area (Å²) in [5.74, 6) is 4.28. The van der Waals surface area contributed by atoms with Gasteiger partial charge >= 0.3 is 0 Å². The van der Waals surface area contributed by atoms with Crippen LogP contribution in [0.25, 0.3) is 4.85 Å². The smallest absolute Gasteiger partial charge is 0.270 e. The van der Waals surface area contributed by atoms with Gasteiger partial charge < -0.3 is 19.7 Å². The fourth-order valence-electron chi connectivity index (χ4n) is 13.8. The number of rotatable bonds is 5. The minimum Gasteiger partial charge on any atom is -0.353 e. The van der Waals surface area contributed by atoms with E-state index in [4.69, 9.17) is 16.0 Å². The largest absolute Gasteiger partial charge is 0.353 e. The Morgan fingerprint density at radius 2 is 1.62 bits per heavy atom. The van der Waals surface area contributed by atoms with E-state index in [0.29, 0.717) is 53.3 Å². The fraction of sp³-hybridized carbons (Fsp3) is 0.927. The highest BCUT2D eigenvalue weighted by atomic mass is 16.7. The van der Waals surface area contributed by atoms with Gasteiger partial charge in [0.15, 0.2) is 5.79 Å². The van der Waals surface area contributed by atoms with E-state index >= 15 is 0 Å². The molecule has 8 fully saturated rings. The van der Waals surface area contributed by atoms with Crippen molar-refractivity contribution in [3.05, 3.63) is 11.4 Å². The molecule has 8 aliphatic rings. The second kappa shape index (κ2) is 13.6. The lowest BCUT2D eigenvalue weighted by atomic mass is 9.44. The van der Waals surface area contributed by atoms with Gasteiger partial charge in [-0.1, -0.05) is 27.7 Å². The second-order valence-corrected chi connectivity index (χ2v) is 19.0. The highest BCUT2D eigenvalue weighted by Gasteiger charge is 2.69. The summed E-state index contributed by atoms with van der Waals surface area (Å²) in [6, 6.07) is 0.700. The molecule has 8 rings (SSSR count). The van der Waals surface area contributed by atoms with Gasteiger partial charge in [-0.05, 0) is 117 Å². The van der Waals surface area contributed by atoms with Gasteiger partial charge in [0.1, 0.15) is 6.42 Å². The number of carbonyl (C=O) groups is 2. The molecule has 4 heterocycles. The molecular formula is C41H65N5O4. The van der Waals surface area contributed by atoms with Crippen LogP contribution >= 0.6 is 0 Å². The molecule has 278 valence electrons. The zero-order valence-corrected chi connectivity index (χ0v) is 31.5. The van der Waals surface area contributed by atoms with Crippen molar-refractivity contribution in [3.8, 4) is 0 Å². The summed E-state index contributed by atoms with van der Waals surface area (Å²) in [7, 11) is 0. The first-order chi connectivity index (χ1) is 24.0. The monoisotopic (exact) mass is 692 g/mol. The third kappa shape index (κ3) is 6.04. The molecule has 0 bridgehead atoms. The maximum atomic E-state index is 13.2. The quantitative estimate of drug-likeness (QED) is 0.291. The summed E-state index contributed by atoms with van der Waals surface area (Å²) in [6.07, 6.45) is 14.3. The van der Waals surface area contributed by atoms with E-state index in [1.165, 1.54) is 44.9 Å². The highest BCUT2D eigenvalue weighted by Crippen LogP contribution is 2.71. The van der Waals surface area contributed by atoms with Crippen LogP contribution in [0.15, 0.2) is 0 Å². The molecule has 4 saturated carbocycles. The second-order valence-electron chi connectivity index (χ2n) is 19.0. The van der Waals surface area contributed by atoms with Gasteiger partial charge in [0.25, 0.3) is 6.67 Å². The Bertz CT molecular complexity index is 1310. The molecule has 1 N–H and O–H groups in total. The van der Waals surface area contributed by atoms with E-state index in [2.05, 4.69) is 47.7 Å². The number of carbonyl (C=O) groups excluding carboxylic acids is 2. The fourth-order valence-corrected chi connectivity index (χ4v) is 13.8. The minimum absolute atomic E-state index is 0.00982. The molecular weight excluding hydrogens is 626 g/mol. The molecule has 0 aromatic rings. The first-order valence-corrected chi connectivity index (χ1v) is 20.7. The van der Waals surface area contributed by atoms with Crippen molar-refractivity contribution >= 4 is 11.8 Å². The number of nitrogens with zero attached hydrogens (tertiary/aromatic N) is 4. The number of ether oxygens (including phenoxy) is 2. The standard InChI is InChI=1S/C41H65N5O4/c1-27-8-15-41(49-25-27)28(2)38-35(50-41)23-34-32-7-6-29-22-30(9-13-39(29,3)33(32)10-14-40(34,38)4)43-36(47)24-37(48)46-16-11-31(12-17-46)45-20-18-44(19-21-45)26-42-5/h27-35,38H,6-26H2,1-4H3,(H,43,47)/t27-,28+,29-,30+,32-,33?,34+,35+,38+,39+,40+,41-/m1/s1. The van der Waals surface area contributed by atoms with Crippen molar-refractivity contribution in [2.45, 2.75) is 135 Å². The summed E-state index contributed by atoms with van der Waals surface area (Å²) in [4.78, 5) is 36.6. The van der Waals surface area contributed by atoms with E-state index in [1.807, 2.05) is 4.90 Å². The minimum atomic E-state index is -0.336. The average Bonchev–Trinajstić information content (AvgIpc) is 3.56. The van der Waals surface area contributed by atoms with Crippen molar-refractivity contribution in [1.82, 2.24) is 20.0 Å². The molecule has 12 atom stereocenters. The van der Waals surface area contributed by atoms with Crippen molar-refractivity contribution in [2.24, 2.45) is 52.3 Å². The number of fused-ring (bicyclic) bond motifs is 7. The van der Waals surface area contributed by atoms with Gasteiger partial charge in [-0.3, -0.25) is 19.3 Å². The zero-order valence-electron chi connectivity index (χ0n) is 31.5. The molecule has 9 nitrogen and oxygen atoms in total. The zero-order chi connectivity index (χ0) is 34.8. The number of nitrogens with one attached hydrogen (secondary N) is 1. The predicted molar refractivity (Wildman–Crippen MR) is 192 cm³/mol. The lowest BCUT2D eigenvalue weighted by Gasteiger charge is -2.61. The summed E-state index contributed by atoms with van der Waals surface area (Å²) < 4.78 is 13.5. The Morgan fingerprint density at radius 3 is 2.34 bits per heavy atom. The van der Waals surface area contributed by atoms with Crippen LogP contribution in [0.5, 0.6) is 0 Å². The summed E-state index contributed by atoms with van der Waals surface area (Å²) in [5, 5.41) is 3.34. The van der Waals surface area contributed by atoms with Crippen LogP contribution in [0.4, 0.5) is 0 Å². The number of amides is 2. The first-order valence-electron chi connectivity index (χ1n) is 20.7. The molecule has 9 heteroatoms. The van der Waals surface area contributed by atoms with Gasteiger partial charge in [-0.2, -0.15) is 0 Å². The van der Waals surface area contributed by atoms with Gasteiger partial charge in [0.2, 0.25) is 11.8 Å². The van der Waals surface area contributed by atoms with Crippen molar-refractivity contribution in [1.29, 1.82) is 0 Å². The Labute approximate surface area is 301 Å². The number of likely N-dealkylation sites (tertiary alicyclic amines) is 1. The Kier molecular flexibility index (Phi) is 9.60. The third-order valence-electron chi connectivity index (χ3n) is 16.6. The van der Waals surface area contributed by atoms with E-state index in [0.717, 1.165) is 95.7 Å². The molecule has 0 aromatic heterocycles. The maximum absolute atomic E-state index is 13.2. The Balaban J connectivity index is 0.813. The number of piperazine rings is 1. The van der Waals surface area contributed by atoms with Crippen molar-refractivity contribution in [3.63, 3.8) is 0 Å². The van der Waals surface area contributed by atoms with Gasteiger partial charge in [-0.15, -0.1) is 0 Å². The Hall–Kier alpha value is -1.73. The highest BCUT2D eigenvalue weighted by molar-refractivity contribution is 5.97. The van der Waals surface area contributed by atoms with Crippen molar-refractivity contribution in [2.75, 3.05) is 52.5 Å². The summed E-state index contributed by atoms with van der Waals surface area (Å²) in [5.41, 5.74) is 0.704. The topological polar surface area (TPSA) is 78.7 Å². The molecule has 0 aromatic carbocycles. The SMILES string of the molecule is [C-]#[N+]CN1CCN(C2CCN(C(=O)CC(=O)N[C@H]3CC[C@]4(C)C5CC[C@]6(C)[C@@H]7[C@H](C[C@H]6[C@@H]5CC[C@@H]4C3)O[C@]3(CC[C@@H](C)CO3)[C@H]7C)CC2)CC1. The van der Waals surface area contributed by atoms with E-state index in [9.17, 15) is 9.59 Å². The lowest BCUT2D eigenvalue weighted by molar-refractivity contribution is -0.273. The molecule has 4 aliphatic carbocycles. The van der Waals surface area contributed by atoms with Crippen LogP contribution in [-0.4, -0.2) is 103 Å². The molecule has 1 unspecified atom stereocenters. The van der Waals surface area contributed by atoms with Crippen LogP contribution in [0.1, 0.15) is 111 Å². The lowest BCUT2D eigenvalue weighted by Crippen LogP contribution is -2.56. The van der Waals surface area contributed by atoms with Crippen molar-refractivity contribution < 1.29 is 19.1 Å². The van der Waals surface area contributed by atoms with Gasteiger partial charge in [0, 0.05) is 63.7 Å². The van der Waals surface area contributed by atoms with E-state index in [1.54, 1.807) is 0 Å². The molecule has 4 saturated heterocycles. The maximum Gasteiger partial charge on any atom is 0.270 e. The Morgan fingerprint density at radius 1 is 0.860 bits per heavy atom. The summed E-state index contributed by atoms with van der Waals surface area (Å²) in [6.45, 7) is 23.9. The molecule has 1 spiro atoms. The number of hydrogen-bond donors (Lipinski definition) is 1. The summed E-state index contributed by atoms with van der Waals surface area (Å²) >= 11 is 0. The van der Waals surface area contributed by atoms with Crippen LogP contribution < -0.4 is 5.32 Å². The first kappa shape index (κ1) is 35.3. The number of hydrogen-bond acceptors (Lipinski definition) is 6. The van der Waals surface area contributed by atoms with Crippen LogP contribution in [0.2, 0.25) is 0 Å². The van der Waals surface area contributed by atoms with Gasteiger partial charge in [0.05, 0.1) is 12.7 Å². The number of piperidine rings is 1. The predicted octanol–water partition coefficient (Wildman–Crippen LogP) is 5.79. The molecule has 0 radical (unpaired) electrons. The van der Waals surface area contributed by atoms with Crippen LogP contribution in [-0.2, 0) is 19.1 Å². The molecule has 4 aliphatic heterocycles. The normalized spacial score (nSPS) is 46.8. The third-order valence-corrected chi connectivity index (χ3v) is 16.6. The molecule has 2 amide bonds. The van der Waals surface area contributed by atoms with Crippen LogP contribution in [0, 0.1) is 58.8 Å². The van der Waals surface area contributed by atoms with Gasteiger partial charge in [-0.25, -0.2) is 11.5 Å².